The number of hydrogen-bond donors (Lipinski definition) is 1. The fourth-order valence-electron chi connectivity index (χ4n) is 3.25. The average molecular weight is 464 g/mol. The SMILES string of the molecule is CC1Cn2cc([N+](=O)[O-])nc2O1.CN1CCn2nc(-c3cc(F)cc(F)c3)nc2C1.CNC. The third-order valence-electron chi connectivity index (χ3n) is 4.65. The highest BCUT2D eigenvalue weighted by molar-refractivity contribution is 5.54. The van der Waals surface area contributed by atoms with Crippen LogP contribution >= 0.6 is 0 Å². The number of ether oxygens (including phenoxy) is 1. The smallest absolute Gasteiger partial charge is 0.414 e. The van der Waals surface area contributed by atoms with Crippen molar-refractivity contribution in [2.45, 2.75) is 32.7 Å². The third kappa shape index (κ3) is 6.08. The molecule has 1 atom stereocenters. The van der Waals surface area contributed by atoms with Crippen molar-refractivity contribution in [3.8, 4) is 17.4 Å². The summed E-state index contributed by atoms with van der Waals surface area (Å²) in [6, 6.07) is 3.67. The van der Waals surface area contributed by atoms with Gasteiger partial charge in [0.15, 0.2) is 5.82 Å². The van der Waals surface area contributed by atoms with Crippen LogP contribution < -0.4 is 10.1 Å². The minimum Gasteiger partial charge on any atom is -0.441 e. The minimum atomic E-state index is -0.616. The maximum Gasteiger partial charge on any atom is 0.414 e. The molecule has 0 aliphatic carbocycles. The minimum absolute atomic E-state index is 0.0632. The van der Waals surface area contributed by atoms with E-state index in [9.17, 15) is 18.9 Å². The molecule has 2 aliphatic heterocycles. The van der Waals surface area contributed by atoms with E-state index in [1.165, 1.54) is 18.3 Å². The zero-order valence-corrected chi connectivity index (χ0v) is 18.8. The molecule has 5 rings (SSSR count). The number of likely N-dealkylation sites (N-methyl/N-ethyl adjacent to an activating group) is 1. The van der Waals surface area contributed by atoms with Crippen LogP contribution in [0.2, 0.25) is 0 Å². The number of benzene rings is 1. The van der Waals surface area contributed by atoms with Gasteiger partial charge >= 0.3 is 11.8 Å². The van der Waals surface area contributed by atoms with Crippen molar-refractivity contribution >= 4 is 5.82 Å². The van der Waals surface area contributed by atoms with Gasteiger partial charge in [-0.2, -0.15) is 5.10 Å². The fourth-order valence-corrected chi connectivity index (χ4v) is 3.25. The van der Waals surface area contributed by atoms with Gasteiger partial charge in [0.1, 0.15) is 29.8 Å². The van der Waals surface area contributed by atoms with Crippen molar-refractivity contribution in [1.29, 1.82) is 0 Å². The summed E-state index contributed by atoms with van der Waals surface area (Å²) in [7, 11) is 5.75. The molecule has 4 heterocycles. The summed E-state index contributed by atoms with van der Waals surface area (Å²) >= 11 is 0. The zero-order valence-electron chi connectivity index (χ0n) is 18.8. The lowest BCUT2D eigenvalue weighted by Gasteiger charge is -2.21. The lowest BCUT2D eigenvalue weighted by atomic mass is 10.2. The summed E-state index contributed by atoms with van der Waals surface area (Å²) in [5, 5.41) is 17.3. The Kier molecular flexibility index (Phi) is 7.66. The van der Waals surface area contributed by atoms with Crippen LogP contribution in [0.5, 0.6) is 6.01 Å². The first-order valence-corrected chi connectivity index (χ1v) is 10.3. The summed E-state index contributed by atoms with van der Waals surface area (Å²) in [5.41, 5.74) is 0.372. The molecule has 13 heteroatoms. The Labute approximate surface area is 189 Å². The summed E-state index contributed by atoms with van der Waals surface area (Å²) in [5.74, 6) is -0.191. The quantitative estimate of drug-likeness (QED) is 0.453. The van der Waals surface area contributed by atoms with Gasteiger partial charge in [-0.3, -0.25) is 9.47 Å². The normalized spacial score (nSPS) is 16.5. The molecule has 0 fully saturated rings. The van der Waals surface area contributed by atoms with E-state index in [1.54, 1.807) is 9.25 Å². The van der Waals surface area contributed by atoms with E-state index in [-0.39, 0.29) is 11.9 Å². The second kappa shape index (κ2) is 10.4. The van der Waals surface area contributed by atoms with Crippen molar-refractivity contribution in [2.24, 2.45) is 0 Å². The van der Waals surface area contributed by atoms with E-state index in [2.05, 4.69) is 25.3 Å². The van der Waals surface area contributed by atoms with E-state index in [1.807, 2.05) is 28.1 Å². The van der Waals surface area contributed by atoms with Gasteiger partial charge in [-0.1, -0.05) is 0 Å². The summed E-state index contributed by atoms with van der Waals surface area (Å²) < 4.78 is 34.9. The van der Waals surface area contributed by atoms with Crippen LogP contribution in [-0.4, -0.2) is 67.9 Å². The number of aromatic nitrogens is 5. The molecule has 33 heavy (non-hydrogen) atoms. The molecule has 178 valence electrons. The molecule has 2 aliphatic rings. The van der Waals surface area contributed by atoms with E-state index < -0.39 is 16.6 Å². The maximum atomic E-state index is 13.1. The van der Waals surface area contributed by atoms with Crippen molar-refractivity contribution in [3.05, 3.63) is 52.0 Å². The molecular formula is C20H26F2N8O3. The first-order valence-electron chi connectivity index (χ1n) is 10.3. The maximum absolute atomic E-state index is 13.1. The summed E-state index contributed by atoms with van der Waals surface area (Å²) in [6.07, 6.45) is 1.45. The average Bonchev–Trinajstić information content (AvgIpc) is 3.40. The van der Waals surface area contributed by atoms with Gasteiger partial charge in [0.05, 0.1) is 19.6 Å². The number of nitrogens with zero attached hydrogens (tertiary/aromatic N) is 7. The van der Waals surface area contributed by atoms with Crippen LogP contribution in [-0.2, 0) is 19.6 Å². The molecule has 0 bridgehead atoms. The van der Waals surface area contributed by atoms with Crippen LogP contribution in [0.4, 0.5) is 14.6 Å². The molecule has 1 aromatic carbocycles. The van der Waals surface area contributed by atoms with Gasteiger partial charge in [-0.25, -0.2) is 18.4 Å². The van der Waals surface area contributed by atoms with Gasteiger partial charge in [0, 0.05) is 23.2 Å². The highest BCUT2D eigenvalue weighted by atomic mass is 19.1. The highest BCUT2D eigenvalue weighted by Gasteiger charge is 2.28. The third-order valence-corrected chi connectivity index (χ3v) is 4.65. The van der Waals surface area contributed by atoms with Crippen molar-refractivity contribution < 1.29 is 18.4 Å². The molecule has 1 unspecified atom stereocenters. The van der Waals surface area contributed by atoms with Gasteiger partial charge in [0.2, 0.25) is 0 Å². The number of halogens is 2. The van der Waals surface area contributed by atoms with Gasteiger partial charge in [-0.15, -0.1) is 0 Å². The van der Waals surface area contributed by atoms with Crippen molar-refractivity contribution in [3.63, 3.8) is 0 Å². The molecule has 3 aromatic rings. The first kappa shape index (κ1) is 24.2. The predicted molar refractivity (Wildman–Crippen MR) is 116 cm³/mol. The van der Waals surface area contributed by atoms with Crippen LogP contribution in [0.1, 0.15) is 12.7 Å². The number of nitrogens with one attached hydrogen (secondary N) is 1. The number of nitro groups is 1. The van der Waals surface area contributed by atoms with Crippen LogP contribution in [0.3, 0.4) is 0 Å². The second-order valence-corrected chi connectivity index (χ2v) is 7.69. The molecule has 11 nitrogen and oxygen atoms in total. The molecule has 0 spiro atoms. The molecule has 2 aromatic heterocycles. The van der Waals surface area contributed by atoms with E-state index in [0.717, 1.165) is 25.0 Å². The zero-order chi connectivity index (χ0) is 24.1. The number of imidazole rings is 1. The Morgan fingerprint density at radius 3 is 2.45 bits per heavy atom. The van der Waals surface area contributed by atoms with E-state index in [4.69, 9.17) is 4.74 Å². The Bertz CT molecular complexity index is 1070. The summed E-state index contributed by atoms with van der Waals surface area (Å²) in [6.45, 7) is 4.87. The van der Waals surface area contributed by atoms with Gasteiger partial charge in [0.25, 0.3) is 0 Å². The Morgan fingerprint density at radius 1 is 1.18 bits per heavy atom. The van der Waals surface area contributed by atoms with Crippen LogP contribution in [0, 0.1) is 21.7 Å². The second-order valence-electron chi connectivity index (χ2n) is 7.69. The standard InChI is InChI=1S/C12H12F2N4.C6H7N3O3.C2H7N/c1-17-2-3-18-11(7-17)15-12(16-18)8-4-9(13)6-10(14)5-8;1-4-2-8-3-5(9(10)11)7-6(8)12-4;1-3-2/h4-6H,2-3,7H2,1H3;3-4H,2H2,1H3;3H,1-2H3. The largest absolute Gasteiger partial charge is 0.441 e. The molecule has 0 radical (unpaired) electrons. The topological polar surface area (TPSA) is 116 Å². The summed E-state index contributed by atoms with van der Waals surface area (Å²) in [4.78, 5) is 19.9. The van der Waals surface area contributed by atoms with Crippen LogP contribution in [0.15, 0.2) is 24.4 Å². The number of fused-ring (bicyclic) bond motifs is 2. The highest BCUT2D eigenvalue weighted by Crippen LogP contribution is 2.24. The Morgan fingerprint density at radius 2 is 1.85 bits per heavy atom. The van der Waals surface area contributed by atoms with Crippen LogP contribution in [0.25, 0.3) is 11.4 Å². The lowest BCUT2D eigenvalue weighted by molar-refractivity contribution is -0.389. The molecule has 1 N–H and O–H groups in total. The molecule has 0 saturated carbocycles. The number of rotatable bonds is 2. The van der Waals surface area contributed by atoms with Gasteiger partial charge in [-0.05, 0) is 45.1 Å². The monoisotopic (exact) mass is 464 g/mol. The van der Waals surface area contributed by atoms with Gasteiger partial charge < -0.3 is 20.2 Å². The Hall–Kier alpha value is -3.45. The number of hydrogen-bond acceptors (Lipinski definition) is 8. The van der Waals surface area contributed by atoms with Crippen molar-refractivity contribution in [2.75, 3.05) is 27.7 Å². The fraction of sp³-hybridized carbons (Fsp3) is 0.450. The predicted octanol–water partition coefficient (Wildman–Crippen LogP) is 2.08. The van der Waals surface area contributed by atoms with Crippen molar-refractivity contribution in [1.82, 2.24) is 34.5 Å². The molecule has 0 amide bonds. The molecule has 0 saturated heterocycles. The van der Waals surface area contributed by atoms with E-state index in [0.29, 0.717) is 30.5 Å². The Balaban J connectivity index is 0.000000177. The lowest BCUT2D eigenvalue weighted by Crippen LogP contribution is -2.30. The first-order chi connectivity index (χ1) is 15.7. The molecular weight excluding hydrogens is 438 g/mol. The van der Waals surface area contributed by atoms with E-state index >= 15 is 0 Å².